The van der Waals surface area contributed by atoms with Gasteiger partial charge in [0.2, 0.25) is 0 Å². The summed E-state index contributed by atoms with van der Waals surface area (Å²) in [5.41, 5.74) is 2.36. The van der Waals surface area contributed by atoms with Gasteiger partial charge in [-0.1, -0.05) is 6.07 Å². The molecule has 0 amide bonds. The van der Waals surface area contributed by atoms with Crippen molar-refractivity contribution >= 4 is 11.3 Å². The molecular formula is C15H21N3OS. The molecule has 0 unspecified atom stereocenters. The van der Waals surface area contributed by atoms with Crippen molar-refractivity contribution < 1.29 is 5.11 Å². The standard InChI is InChI=1S/C15H21N3OS/c1-13-17-15(12-20-13)5-3-7-18(8-9-19)11-14-4-2-6-16-10-14/h2,4,6,10,12,19H,3,5,7-9,11H2,1H3. The lowest BCUT2D eigenvalue weighted by Gasteiger charge is -2.20. The zero-order valence-corrected chi connectivity index (χ0v) is 12.6. The number of pyridine rings is 1. The highest BCUT2D eigenvalue weighted by Gasteiger charge is 2.06. The quantitative estimate of drug-likeness (QED) is 0.810. The number of aromatic nitrogens is 2. The molecule has 2 aromatic heterocycles. The van der Waals surface area contributed by atoms with Crippen molar-refractivity contribution in [3.05, 3.63) is 46.2 Å². The second kappa shape index (κ2) is 8.09. The molecule has 0 aromatic carbocycles. The predicted octanol–water partition coefficient (Wildman–Crippen LogP) is 2.27. The van der Waals surface area contributed by atoms with Crippen molar-refractivity contribution in [3.8, 4) is 0 Å². The smallest absolute Gasteiger partial charge is 0.0897 e. The van der Waals surface area contributed by atoms with Gasteiger partial charge in [0.15, 0.2) is 0 Å². The fourth-order valence-corrected chi connectivity index (χ4v) is 2.82. The lowest BCUT2D eigenvalue weighted by Crippen LogP contribution is -2.28. The Bertz CT molecular complexity index is 501. The number of hydrogen-bond donors (Lipinski definition) is 1. The van der Waals surface area contributed by atoms with Crippen LogP contribution in [0.15, 0.2) is 29.9 Å². The van der Waals surface area contributed by atoms with E-state index in [1.807, 2.05) is 19.2 Å². The van der Waals surface area contributed by atoms with Gasteiger partial charge < -0.3 is 5.11 Å². The zero-order valence-electron chi connectivity index (χ0n) is 11.8. The van der Waals surface area contributed by atoms with Crippen LogP contribution in [0.1, 0.15) is 22.7 Å². The van der Waals surface area contributed by atoms with Crippen LogP contribution in [-0.4, -0.2) is 39.7 Å². The minimum Gasteiger partial charge on any atom is -0.395 e. The second-order valence-electron chi connectivity index (χ2n) is 4.82. The van der Waals surface area contributed by atoms with Gasteiger partial charge >= 0.3 is 0 Å². The van der Waals surface area contributed by atoms with Crippen molar-refractivity contribution in [2.75, 3.05) is 19.7 Å². The van der Waals surface area contributed by atoms with Gasteiger partial charge in [-0.05, 0) is 37.9 Å². The molecule has 5 heteroatoms. The molecule has 0 aliphatic heterocycles. The van der Waals surface area contributed by atoms with Crippen molar-refractivity contribution in [1.82, 2.24) is 14.9 Å². The number of thiazole rings is 1. The summed E-state index contributed by atoms with van der Waals surface area (Å²) in [6, 6.07) is 4.02. The summed E-state index contributed by atoms with van der Waals surface area (Å²) in [5.74, 6) is 0. The van der Waals surface area contributed by atoms with E-state index in [1.54, 1.807) is 17.5 Å². The number of nitrogens with zero attached hydrogens (tertiary/aromatic N) is 3. The Morgan fingerprint density at radius 3 is 2.90 bits per heavy atom. The topological polar surface area (TPSA) is 49.2 Å². The third-order valence-electron chi connectivity index (χ3n) is 3.12. The number of aryl methyl sites for hydroxylation is 2. The third-order valence-corrected chi connectivity index (χ3v) is 3.94. The predicted molar refractivity (Wildman–Crippen MR) is 81.8 cm³/mol. The van der Waals surface area contributed by atoms with Crippen molar-refractivity contribution in [1.29, 1.82) is 0 Å². The molecule has 0 saturated carbocycles. The van der Waals surface area contributed by atoms with Gasteiger partial charge in [-0.2, -0.15) is 0 Å². The minimum absolute atomic E-state index is 0.191. The van der Waals surface area contributed by atoms with Crippen LogP contribution < -0.4 is 0 Å². The lowest BCUT2D eigenvalue weighted by molar-refractivity contribution is 0.188. The monoisotopic (exact) mass is 291 g/mol. The first kappa shape index (κ1) is 15.1. The molecule has 0 aliphatic rings. The molecule has 0 fully saturated rings. The van der Waals surface area contributed by atoms with Crippen molar-refractivity contribution in [2.24, 2.45) is 0 Å². The van der Waals surface area contributed by atoms with Gasteiger partial charge in [-0.15, -0.1) is 11.3 Å². The van der Waals surface area contributed by atoms with Gasteiger partial charge in [0.25, 0.3) is 0 Å². The normalized spacial score (nSPS) is 11.2. The van der Waals surface area contributed by atoms with E-state index in [0.717, 1.165) is 30.9 Å². The number of aliphatic hydroxyl groups excluding tert-OH is 1. The molecule has 0 saturated heterocycles. The minimum atomic E-state index is 0.191. The summed E-state index contributed by atoms with van der Waals surface area (Å²) in [6.07, 6.45) is 5.72. The van der Waals surface area contributed by atoms with Gasteiger partial charge in [0, 0.05) is 30.9 Å². The fraction of sp³-hybridized carbons (Fsp3) is 0.467. The van der Waals surface area contributed by atoms with Gasteiger partial charge in [-0.3, -0.25) is 9.88 Å². The van der Waals surface area contributed by atoms with Gasteiger partial charge in [0.05, 0.1) is 17.3 Å². The molecular weight excluding hydrogens is 270 g/mol. The van der Waals surface area contributed by atoms with E-state index in [-0.39, 0.29) is 6.61 Å². The van der Waals surface area contributed by atoms with Crippen LogP contribution in [-0.2, 0) is 13.0 Å². The van der Waals surface area contributed by atoms with Crippen LogP contribution in [0.25, 0.3) is 0 Å². The van der Waals surface area contributed by atoms with Crippen LogP contribution >= 0.6 is 11.3 Å². The Morgan fingerprint density at radius 2 is 2.25 bits per heavy atom. The molecule has 0 radical (unpaired) electrons. The molecule has 1 N–H and O–H groups in total. The maximum absolute atomic E-state index is 9.17. The third kappa shape index (κ3) is 5.00. The Morgan fingerprint density at radius 1 is 1.35 bits per heavy atom. The van der Waals surface area contributed by atoms with Crippen molar-refractivity contribution in [2.45, 2.75) is 26.3 Å². The molecule has 0 bridgehead atoms. The highest BCUT2D eigenvalue weighted by Crippen LogP contribution is 2.11. The molecule has 20 heavy (non-hydrogen) atoms. The van der Waals surface area contributed by atoms with Crippen LogP contribution in [0.2, 0.25) is 0 Å². The summed E-state index contributed by atoms with van der Waals surface area (Å²) < 4.78 is 0. The van der Waals surface area contributed by atoms with Gasteiger partial charge in [0.1, 0.15) is 0 Å². The first-order chi connectivity index (χ1) is 9.78. The Hall–Kier alpha value is -1.30. The van der Waals surface area contributed by atoms with E-state index in [0.29, 0.717) is 6.54 Å². The summed E-state index contributed by atoms with van der Waals surface area (Å²) in [6.45, 7) is 4.73. The van der Waals surface area contributed by atoms with Crippen LogP contribution in [0.4, 0.5) is 0 Å². The Kier molecular flexibility index (Phi) is 6.11. The summed E-state index contributed by atoms with van der Waals surface area (Å²) in [4.78, 5) is 10.9. The Labute approximate surface area is 124 Å². The van der Waals surface area contributed by atoms with Crippen molar-refractivity contribution in [3.63, 3.8) is 0 Å². The molecule has 2 aromatic rings. The van der Waals surface area contributed by atoms with E-state index in [4.69, 9.17) is 5.11 Å². The van der Waals surface area contributed by atoms with E-state index < -0.39 is 0 Å². The largest absolute Gasteiger partial charge is 0.395 e. The number of rotatable bonds is 8. The first-order valence-corrected chi connectivity index (χ1v) is 7.79. The molecule has 4 nitrogen and oxygen atoms in total. The molecule has 0 aliphatic carbocycles. The summed E-state index contributed by atoms with van der Waals surface area (Å²) >= 11 is 1.70. The molecule has 0 atom stereocenters. The number of hydrogen-bond acceptors (Lipinski definition) is 5. The average molecular weight is 291 g/mol. The van der Waals surface area contributed by atoms with E-state index in [2.05, 4.69) is 26.3 Å². The van der Waals surface area contributed by atoms with Gasteiger partial charge in [-0.25, -0.2) is 4.98 Å². The van der Waals surface area contributed by atoms with Crippen LogP contribution in [0.5, 0.6) is 0 Å². The summed E-state index contributed by atoms with van der Waals surface area (Å²) in [7, 11) is 0. The molecule has 2 heterocycles. The van der Waals surface area contributed by atoms with E-state index in [9.17, 15) is 0 Å². The maximum atomic E-state index is 9.17. The highest BCUT2D eigenvalue weighted by molar-refractivity contribution is 7.09. The fourth-order valence-electron chi connectivity index (χ4n) is 2.17. The van der Waals surface area contributed by atoms with Crippen LogP contribution in [0.3, 0.4) is 0 Å². The zero-order chi connectivity index (χ0) is 14.2. The first-order valence-electron chi connectivity index (χ1n) is 6.91. The maximum Gasteiger partial charge on any atom is 0.0897 e. The van der Waals surface area contributed by atoms with Crippen LogP contribution in [0, 0.1) is 6.92 Å². The SMILES string of the molecule is Cc1nc(CCCN(CCO)Cc2cccnc2)cs1. The second-order valence-corrected chi connectivity index (χ2v) is 5.88. The Balaban J connectivity index is 1.80. The van der Waals surface area contributed by atoms with E-state index >= 15 is 0 Å². The molecule has 0 spiro atoms. The van der Waals surface area contributed by atoms with E-state index in [1.165, 1.54) is 11.3 Å². The molecule has 108 valence electrons. The summed E-state index contributed by atoms with van der Waals surface area (Å²) in [5, 5.41) is 12.4. The molecule has 2 rings (SSSR count). The average Bonchev–Trinajstić information content (AvgIpc) is 2.86. The highest BCUT2D eigenvalue weighted by atomic mass is 32.1. The lowest BCUT2D eigenvalue weighted by atomic mass is 10.2. The number of aliphatic hydroxyl groups is 1.